The maximum atomic E-state index is 13.6. The standard InChI is InChI=1S/C27H34N8O2.C26H31FN8O2.C26H32N8O2.C24H28N8O/c1-3-21-25-33-29-16-34(25)22-15-28-27(32-24(22)35(21)19-10-6-7-11-19)31-20-13-12-17(14-23(20)37-2)26(36)30-18-8-4-5-9-18;1-3-20-24-32-29-15-34(24)21-13-28-26(31-23(21)35(20)18-6-4-5-7-18)30-19-9-8-16(12-22(19)37-2)25(36)33-11-10-17(27)14-33;1-4-20-24-32-31-15(2)33(24)21-14-27-26(30-23(21)34(20)18-7-5-6-8-18)29-19-12-9-16(13-22(19)36-3)25(35)28-17-10-11-17;1-2-19-22-30-26-14-31(22)20-13-25-24(29-21(20)32(19)18-5-3-4-6-18)28-17-9-7-15(8-10-17)23(33)27-16-11-12-16/h12-16,18-19,21H,3-11H2,1-2H3,(H,30,36)(H,28,31,32);8-9,12-13,15,17-18,20H,3-7,10-11,14H2,1-2H3,(H,28,30,31);9,12-14,17-18,20H,4-8,10-11H2,1-3H3,(H,28,35)(H,27,29,30);7-10,13-14,16,18-19H,2-6,11-12H2,1H3,(H,27,33)(H,25,28,29)/t21-;17-,20+;20-;19-/m1011/s1. The van der Waals surface area contributed by atoms with E-state index >= 15 is 0 Å². The highest BCUT2D eigenvalue weighted by Crippen LogP contribution is 2.50. The van der Waals surface area contributed by atoms with Gasteiger partial charge in [-0.3, -0.25) is 37.4 Å². The monoisotopic (exact) mass is 1940 g/mol. The normalized spacial score (nSPS) is 19.9. The third-order valence-corrected chi connectivity index (χ3v) is 30.0. The number of methoxy groups -OCH3 is 3. The summed E-state index contributed by atoms with van der Waals surface area (Å²) in [5.41, 5.74) is 8.78. The van der Waals surface area contributed by atoms with E-state index in [9.17, 15) is 23.6 Å². The molecule has 0 bridgehead atoms. The molecule has 0 radical (unpaired) electrons. The molecule has 8 aromatic heterocycles. The molecule has 0 spiro atoms. The quantitative estimate of drug-likeness (QED) is 0.0265. The van der Waals surface area contributed by atoms with Gasteiger partial charge in [0.1, 0.15) is 71.0 Å². The zero-order valence-corrected chi connectivity index (χ0v) is 82.3. The Morgan fingerprint density at radius 1 is 0.371 bits per heavy atom. The molecule has 7 N–H and O–H groups in total. The number of carbonyl (C=O) groups excluding carboxylic acids is 4. The summed E-state index contributed by atoms with van der Waals surface area (Å²) in [6, 6.07) is 26.5. The summed E-state index contributed by atoms with van der Waals surface area (Å²) < 4.78 is 38.5. The molecule has 12 aromatic rings. The van der Waals surface area contributed by atoms with Crippen LogP contribution < -0.4 is 71.0 Å². The molecule has 4 aromatic carbocycles. The zero-order valence-electron chi connectivity index (χ0n) is 82.3. The van der Waals surface area contributed by atoms with Crippen LogP contribution in [0.15, 0.2) is 123 Å². The van der Waals surface area contributed by atoms with E-state index < -0.39 is 6.17 Å². The minimum absolute atomic E-state index is 0.0170. The predicted octanol–water partition coefficient (Wildman–Crippen LogP) is 17.0. The Kier molecular flexibility index (Phi) is 27.5. The van der Waals surface area contributed by atoms with Crippen molar-refractivity contribution in [1.29, 1.82) is 0 Å². The van der Waals surface area contributed by atoms with Gasteiger partial charge >= 0.3 is 0 Å². The second kappa shape index (κ2) is 41.5. The van der Waals surface area contributed by atoms with Gasteiger partial charge in [0.05, 0.1) is 93.9 Å². The molecule has 40 heteroatoms. The third kappa shape index (κ3) is 19.4. The molecule has 0 unspecified atom stereocenters. The lowest BCUT2D eigenvalue weighted by Gasteiger charge is -2.41. The van der Waals surface area contributed by atoms with Crippen LogP contribution in [0.2, 0.25) is 0 Å². The fraction of sp³-hybridized carbons (Fsp3) is 0.495. The smallest absolute Gasteiger partial charge is 0.254 e. The van der Waals surface area contributed by atoms with E-state index in [-0.39, 0.29) is 60.4 Å². The molecular formula is C103H125FN32O7. The van der Waals surface area contributed by atoms with Crippen molar-refractivity contribution in [2.24, 2.45) is 0 Å². The van der Waals surface area contributed by atoms with Gasteiger partial charge in [-0.2, -0.15) is 19.9 Å². The number of fused-ring (bicyclic) bond motifs is 12. The van der Waals surface area contributed by atoms with Gasteiger partial charge < -0.3 is 75.9 Å². The molecule has 1 saturated heterocycles. The lowest BCUT2D eigenvalue weighted by Crippen LogP contribution is -2.42. The molecule has 5 atom stereocenters. The molecule has 7 saturated carbocycles. The maximum Gasteiger partial charge on any atom is 0.254 e. The minimum Gasteiger partial charge on any atom is -0.495 e. The summed E-state index contributed by atoms with van der Waals surface area (Å²) in [5, 5.41) is 57.2. The number of rotatable bonds is 26. The molecule has 5 aliphatic heterocycles. The van der Waals surface area contributed by atoms with Crippen molar-refractivity contribution in [3.63, 3.8) is 0 Å². The molecule has 39 nitrogen and oxygen atoms in total. The maximum absolute atomic E-state index is 13.6. The average Bonchev–Trinajstić information content (AvgIpc) is 1.67. The number of aryl methyl sites for hydroxylation is 1. The van der Waals surface area contributed by atoms with Crippen molar-refractivity contribution in [3.05, 3.63) is 174 Å². The van der Waals surface area contributed by atoms with E-state index in [4.69, 9.17) is 34.1 Å². The number of amides is 4. The molecule has 12 aliphatic rings. The van der Waals surface area contributed by atoms with Gasteiger partial charge in [-0.05, 0) is 208 Å². The first-order chi connectivity index (χ1) is 70.0. The van der Waals surface area contributed by atoms with Crippen LogP contribution in [-0.4, -0.2) is 210 Å². The summed E-state index contributed by atoms with van der Waals surface area (Å²) in [7, 11) is 4.76. The molecule has 24 rings (SSSR count). The molecule has 143 heavy (non-hydrogen) atoms. The van der Waals surface area contributed by atoms with Crippen LogP contribution >= 0.6 is 0 Å². The number of anilines is 12. The van der Waals surface area contributed by atoms with Crippen molar-refractivity contribution in [2.75, 3.05) is 75.3 Å². The van der Waals surface area contributed by atoms with Gasteiger partial charge in [-0.15, -0.1) is 40.8 Å². The lowest BCUT2D eigenvalue weighted by molar-refractivity contribution is 0.0781. The van der Waals surface area contributed by atoms with Crippen LogP contribution in [0.25, 0.3) is 22.7 Å². The van der Waals surface area contributed by atoms with Crippen LogP contribution in [0, 0.1) is 6.92 Å². The molecule has 13 heterocycles. The molecule has 8 fully saturated rings. The number of likely N-dealkylation sites (tertiary alicyclic amines) is 1. The highest BCUT2D eigenvalue weighted by atomic mass is 19.1. The van der Waals surface area contributed by atoms with Crippen LogP contribution in [-0.2, 0) is 0 Å². The van der Waals surface area contributed by atoms with Crippen molar-refractivity contribution < 1.29 is 37.8 Å². The number of hydrogen-bond acceptors (Lipinski definition) is 31. The number of ether oxygens (including phenoxy) is 3. The topological polar surface area (TPSA) is 422 Å². The van der Waals surface area contributed by atoms with E-state index in [0.29, 0.717) is 130 Å². The van der Waals surface area contributed by atoms with Gasteiger partial charge in [-0.1, -0.05) is 91.9 Å². The average molecular weight is 1940 g/mol. The van der Waals surface area contributed by atoms with E-state index in [1.54, 1.807) is 87.8 Å². The van der Waals surface area contributed by atoms with Gasteiger partial charge in [0.25, 0.3) is 23.6 Å². The summed E-state index contributed by atoms with van der Waals surface area (Å²) in [5.74, 6) is 11.4. The van der Waals surface area contributed by atoms with Gasteiger partial charge in [0, 0.05) is 76.8 Å². The van der Waals surface area contributed by atoms with Crippen LogP contribution in [0.3, 0.4) is 0 Å². The van der Waals surface area contributed by atoms with Gasteiger partial charge in [0.2, 0.25) is 23.8 Å². The van der Waals surface area contributed by atoms with Crippen molar-refractivity contribution in [2.45, 2.75) is 293 Å². The second-order valence-electron chi connectivity index (χ2n) is 39.2. The van der Waals surface area contributed by atoms with Gasteiger partial charge in [0.15, 0.2) is 46.6 Å². The SMILES string of the molecule is CC[C@@H]1c2nnc(C)n2-c2cnc(Nc3ccc(C(=O)NC4CC4)cc3OC)nc2N1C1CCCC1.CC[C@@H]1c2nncn2-c2cnc(Nc3ccc(C(=O)N4CC[C@H](F)C4)cc3OC)nc2N1C1CCCC1.CC[C@@H]1c2nncn2-c2cnc(Nc3ccc(C(=O)NC4CC4)cc3)nc2N1C1CCCC1.CC[C@@H]1c2nncn2-c2cnc(Nc3ccc(C(=O)NC4CCCC4)cc3OC)nc2N1C1CCCC1. The van der Waals surface area contributed by atoms with Crippen LogP contribution in [0.4, 0.5) is 74.2 Å². The van der Waals surface area contributed by atoms with Crippen LogP contribution in [0.1, 0.15) is 309 Å². The first-order valence-corrected chi connectivity index (χ1v) is 51.3. The van der Waals surface area contributed by atoms with Crippen molar-refractivity contribution >= 4 is 93.4 Å². The molecule has 746 valence electrons. The van der Waals surface area contributed by atoms with Crippen molar-refractivity contribution in [3.8, 4) is 40.0 Å². The first kappa shape index (κ1) is 94.6. The number of aromatic nitrogens is 20. The van der Waals surface area contributed by atoms with Crippen LogP contribution in [0.5, 0.6) is 17.2 Å². The third-order valence-electron chi connectivity index (χ3n) is 30.0. The number of halogens is 1. The Balaban J connectivity index is 0.000000113. The summed E-state index contributed by atoms with van der Waals surface area (Å²) in [6.45, 7) is 11.3. The Bertz CT molecular complexity index is 6610. The Hall–Kier alpha value is -14.6. The Labute approximate surface area is 829 Å². The summed E-state index contributed by atoms with van der Waals surface area (Å²) in [6.07, 6.45) is 43.3. The van der Waals surface area contributed by atoms with E-state index in [0.717, 1.165) is 184 Å². The zero-order chi connectivity index (χ0) is 98.0. The van der Waals surface area contributed by atoms with Gasteiger partial charge in [-0.25, -0.2) is 24.3 Å². The van der Waals surface area contributed by atoms with E-state index in [1.165, 1.54) is 77.0 Å². The Morgan fingerprint density at radius 2 is 0.699 bits per heavy atom. The Morgan fingerprint density at radius 3 is 1.06 bits per heavy atom. The number of alkyl halides is 1. The first-order valence-electron chi connectivity index (χ1n) is 51.3. The number of nitrogens with zero attached hydrogens (tertiary/aromatic N) is 25. The number of benzene rings is 4. The minimum atomic E-state index is -0.960. The van der Waals surface area contributed by atoms with Crippen molar-refractivity contribution in [1.82, 2.24) is 120 Å². The fourth-order valence-electron chi connectivity index (χ4n) is 22.5. The number of nitrogens with one attached hydrogen (secondary N) is 7. The molecule has 7 aliphatic carbocycles. The molecule has 4 amide bonds. The van der Waals surface area contributed by atoms with E-state index in [1.807, 2.05) is 81.7 Å². The highest BCUT2D eigenvalue weighted by molar-refractivity contribution is 5.98. The predicted molar refractivity (Wildman–Crippen MR) is 538 cm³/mol. The molecular weight excluding hydrogens is 1820 g/mol. The lowest BCUT2D eigenvalue weighted by atomic mass is 10.0. The second-order valence-corrected chi connectivity index (χ2v) is 39.2. The summed E-state index contributed by atoms with van der Waals surface area (Å²) in [4.78, 5) is 100. The summed E-state index contributed by atoms with van der Waals surface area (Å²) >= 11 is 0. The highest BCUT2D eigenvalue weighted by Gasteiger charge is 2.45. The number of carbonyl (C=O) groups is 4. The van der Waals surface area contributed by atoms with E-state index in [2.05, 4.69) is 150 Å². The fourth-order valence-corrected chi connectivity index (χ4v) is 22.5. The largest absolute Gasteiger partial charge is 0.495 e. The number of hydrogen-bond donors (Lipinski definition) is 7.